The van der Waals surface area contributed by atoms with Gasteiger partial charge in [-0.25, -0.2) is 9.71 Å². The Hall–Kier alpha value is -1.17. The van der Waals surface area contributed by atoms with Crippen LogP contribution in [0.3, 0.4) is 0 Å². The minimum atomic E-state index is -0.172. The first kappa shape index (κ1) is 12.8. The van der Waals surface area contributed by atoms with Crippen LogP contribution in [-0.4, -0.2) is 56.9 Å². The largest absolute Gasteiger partial charge is 0.369 e. The van der Waals surface area contributed by atoms with Crippen molar-refractivity contribution in [1.29, 1.82) is 0 Å². The fourth-order valence-corrected chi connectivity index (χ4v) is 2.76. The predicted octanol–water partition coefficient (Wildman–Crippen LogP) is 0.481. The summed E-state index contributed by atoms with van der Waals surface area (Å²) in [6.45, 7) is 6.90. The lowest BCUT2D eigenvalue weighted by Gasteiger charge is -2.41. The van der Waals surface area contributed by atoms with Crippen LogP contribution >= 0.6 is 0 Å². The lowest BCUT2D eigenvalue weighted by atomic mass is 10.2. The molecule has 3 rings (SSSR count). The maximum Gasteiger partial charge on any atom is 0.123 e. The van der Waals surface area contributed by atoms with Gasteiger partial charge in [-0.2, -0.15) is 0 Å². The van der Waals surface area contributed by atoms with Crippen molar-refractivity contribution in [3.63, 3.8) is 0 Å². The van der Waals surface area contributed by atoms with Gasteiger partial charge >= 0.3 is 0 Å². The van der Waals surface area contributed by atoms with Crippen LogP contribution in [0.2, 0.25) is 0 Å². The second kappa shape index (κ2) is 5.86. The van der Waals surface area contributed by atoms with Gasteiger partial charge in [0.25, 0.3) is 0 Å². The Bertz CT molecular complexity index is 394. The van der Waals surface area contributed by atoms with Crippen LogP contribution in [-0.2, 0) is 0 Å². The Morgan fingerprint density at radius 2 is 1.84 bits per heavy atom. The Balaban J connectivity index is 1.55. The summed E-state index contributed by atoms with van der Waals surface area (Å²) in [6.07, 6.45) is 0.337. The third-order valence-electron chi connectivity index (χ3n) is 3.88. The topological polar surface area (TPSA) is 32.6 Å². The molecule has 1 N–H and O–H groups in total. The van der Waals surface area contributed by atoms with Crippen LogP contribution in [0.4, 0.5) is 10.1 Å². The van der Waals surface area contributed by atoms with E-state index in [1.54, 1.807) is 0 Å². The zero-order valence-corrected chi connectivity index (χ0v) is 11.1. The van der Waals surface area contributed by atoms with E-state index in [1.165, 1.54) is 12.1 Å². The molecule has 1 aromatic carbocycles. The minimum absolute atomic E-state index is 0.172. The summed E-state index contributed by atoms with van der Waals surface area (Å²) in [6, 6.07) is 6.78. The highest BCUT2D eigenvalue weighted by atomic mass is 19.1. The third kappa shape index (κ3) is 3.05. The minimum Gasteiger partial charge on any atom is -0.369 e. The van der Waals surface area contributed by atoms with Gasteiger partial charge in [0.2, 0.25) is 0 Å². The van der Waals surface area contributed by atoms with Crippen LogP contribution in [0.1, 0.15) is 0 Å². The number of hydrogen-bond donors (Lipinski definition) is 1. The molecule has 0 bridgehead atoms. The van der Waals surface area contributed by atoms with Gasteiger partial charge in [0.05, 0.1) is 6.17 Å². The average Bonchev–Trinajstić information content (AvgIpc) is 2.49. The Morgan fingerprint density at radius 1 is 1.11 bits per heavy atom. The van der Waals surface area contributed by atoms with Gasteiger partial charge in [0.15, 0.2) is 0 Å². The van der Waals surface area contributed by atoms with Crippen LogP contribution in [0, 0.1) is 5.82 Å². The van der Waals surface area contributed by atoms with Crippen LogP contribution < -0.4 is 15.5 Å². The quantitative estimate of drug-likeness (QED) is 0.842. The SMILES string of the molecule is Fc1ccc(N2CCN(C3CNCC[N]3)CC2)cc1. The van der Waals surface area contributed by atoms with Gasteiger partial charge in [-0.15, -0.1) is 0 Å². The van der Waals surface area contributed by atoms with Gasteiger partial charge in [-0.1, -0.05) is 0 Å². The molecule has 0 saturated carbocycles. The summed E-state index contributed by atoms with van der Waals surface area (Å²) in [4.78, 5) is 4.75. The summed E-state index contributed by atoms with van der Waals surface area (Å²) in [5.74, 6) is -0.172. The molecule has 2 heterocycles. The number of nitrogens with zero attached hydrogens (tertiary/aromatic N) is 3. The van der Waals surface area contributed by atoms with E-state index < -0.39 is 0 Å². The standard InChI is InChI=1S/C14H20FN4/c15-12-1-3-13(4-2-12)18-7-9-19(10-8-18)14-11-16-5-6-17-14/h1-4,14,16H,5-11H2. The second-order valence-corrected chi connectivity index (χ2v) is 5.09. The molecule has 4 nitrogen and oxygen atoms in total. The lowest BCUT2D eigenvalue weighted by molar-refractivity contribution is 0.136. The molecular formula is C14H20FN4. The third-order valence-corrected chi connectivity index (χ3v) is 3.88. The summed E-state index contributed by atoms with van der Waals surface area (Å²) in [5.41, 5.74) is 1.11. The molecule has 1 radical (unpaired) electrons. The Kier molecular flexibility index (Phi) is 3.96. The monoisotopic (exact) mass is 263 g/mol. The second-order valence-electron chi connectivity index (χ2n) is 5.09. The van der Waals surface area contributed by atoms with Crippen molar-refractivity contribution in [3.05, 3.63) is 30.1 Å². The van der Waals surface area contributed by atoms with Crippen LogP contribution in [0.15, 0.2) is 24.3 Å². The summed E-state index contributed by atoms with van der Waals surface area (Å²) >= 11 is 0. The molecule has 0 aliphatic carbocycles. The highest BCUT2D eigenvalue weighted by Crippen LogP contribution is 2.17. The summed E-state index contributed by atoms with van der Waals surface area (Å²) < 4.78 is 12.9. The van der Waals surface area contributed by atoms with Crippen molar-refractivity contribution in [1.82, 2.24) is 15.5 Å². The molecule has 1 atom stereocenters. The maximum atomic E-state index is 12.9. The van der Waals surface area contributed by atoms with Gasteiger partial charge in [0, 0.05) is 51.5 Å². The summed E-state index contributed by atoms with van der Waals surface area (Å²) in [5, 5.41) is 8.05. The Labute approximate surface area is 113 Å². The molecule has 2 fully saturated rings. The first-order valence-corrected chi connectivity index (χ1v) is 6.95. The first-order chi connectivity index (χ1) is 9.33. The fraction of sp³-hybridized carbons (Fsp3) is 0.571. The van der Waals surface area contributed by atoms with Crippen LogP contribution in [0.25, 0.3) is 0 Å². The number of hydrogen-bond acceptors (Lipinski definition) is 3. The van der Waals surface area contributed by atoms with E-state index in [9.17, 15) is 4.39 Å². The van der Waals surface area contributed by atoms with Crippen molar-refractivity contribution >= 4 is 5.69 Å². The number of piperazine rings is 2. The van der Waals surface area contributed by atoms with E-state index in [1.807, 2.05) is 12.1 Å². The lowest BCUT2D eigenvalue weighted by Crippen LogP contribution is -2.59. The van der Waals surface area contributed by atoms with Gasteiger partial charge in [0.1, 0.15) is 5.82 Å². The molecule has 1 aromatic rings. The van der Waals surface area contributed by atoms with Gasteiger partial charge < -0.3 is 10.2 Å². The van der Waals surface area contributed by atoms with Crippen molar-refractivity contribution in [3.8, 4) is 0 Å². The van der Waals surface area contributed by atoms with Crippen molar-refractivity contribution in [2.75, 3.05) is 50.7 Å². The number of anilines is 1. The molecule has 0 amide bonds. The molecule has 1 unspecified atom stereocenters. The highest BCUT2D eigenvalue weighted by Gasteiger charge is 2.25. The molecule has 2 aliphatic rings. The maximum absolute atomic E-state index is 12.9. The van der Waals surface area contributed by atoms with E-state index in [0.29, 0.717) is 6.17 Å². The number of nitrogens with one attached hydrogen (secondary N) is 1. The van der Waals surface area contributed by atoms with Gasteiger partial charge in [-0.05, 0) is 24.3 Å². The van der Waals surface area contributed by atoms with Crippen molar-refractivity contribution in [2.24, 2.45) is 0 Å². The summed E-state index contributed by atoms with van der Waals surface area (Å²) in [7, 11) is 0. The van der Waals surface area contributed by atoms with Crippen molar-refractivity contribution in [2.45, 2.75) is 6.17 Å². The molecule has 19 heavy (non-hydrogen) atoms. The van der Waals surface area contributed by atoms with E-state index in [-0.39, 0.29) is 5.82 Å². The molecule has 5 heteroatoms. The van der Waals surface area contributed by atoms with E-state index in [4.69, 9.17) is 0 Å². The molecule has 0 aromatic heterocycles. The van der Waals surface area contributed by atoms with Crippen molar-refractivity contribution < 1.29 is 4.39 Å². The molecule has 2 saturated heterocycles. The fourth-order valence-electron chi connectivity index (χ4n) is 2.76. The molecule has 0 spiro atoms. The zero-order chi connectivity index (χ0) is 13.1. The van der Waals surface area contributed by atoms with Crippen LogP contribution in [0.5, 0.6) is 0 Å². The average molecular weight is 263 g/mol. The predicted molar refractivity (Wildman–Crippen MR) is 73.8 cm³/mol. The van der Waals surface area contributed by atoms with E-state index >= 15 is 0 Å². The first-order valence-electron chi connectivity index (χ1n) is 6.95. The smallest absolute Gasteiger partial charge is 0.123 e. The number of halogens is 1. The molecule has 103 valence electrons. The Morgan fingerprint density at radius 3 is 2.47 bits per heavy atom. The zero-order valence-electron chi connectivity index (χ0n) is 11.1. The molecular weight excluding hydrogens is 243 g/mol. The van der Waals surface area contributed by atoms with Gasteiger partial charge in [-0.3, -0.25) is 4.90 Å². The van der Waals surface area contributed by atoms with E-state index in [0.717, 1.165) is 51.5 Å². The van der Waals surface area contributed by atoms with E-state index in [2.05, 4.69) is 20.4 Å². The molecule has 2 aliphatic heterocycles. The number of rotatable bonds is 2. The normalized spacial score (nSPS) is 25.5. The highest BCUT2D eigenvalue weighted by molar-refractivity contribution is 5.46. The number of benzene rings is 1.